The first-order valence-electron chi connectivity index (χ1n) is 3.78. The minimum absolute atomic E-state index is 0.136. The maximum Gasteiger partial charge on any atom is 0.220 e. The van der Waals surface area contributed by atoms with E-state index >= 15 is 0 Å². The summed E-state index contributed by atoms with van der Waals surface area (Å²) in [7, 11) is -0.724. The van der Waals surface area contributed by atoms with Crippen LogP contribution in [0.1, 0.15) is 19.3 Å². The smallest absolute Gasteiger partial charge is 0.220 e. The Kier molecular flexibility index (Phi) is 3.05. The number of nitrogens with one attached hydrogen (secondary N) is 1. The van der Waals surface area contributed by atoms with Crippen molar-refractivity contribution in [2.45, 2.75) is 25.3 Å². The lowest BCUT2D eigenvalue weighted by Gasteiger charge is -2.06. The minimum atomic E-state index is -0.724. The molecule has 4 heteroatoms. The van der Waals surface area contributed by atoms with Crippen molar-refractivity contribution in [1.82, 2.24) is 5.32 Å². The zero-order valence-corrected chi connectivity index (χ0v) is 7.45. The highest BCUT2D eigenvalue weighted by Crippen LogP contribution is 2.09. The molecule has 1 N–H and O–H groups in total. The molecular formula is C7H13NO2S. The zero-order valence-electron chi connectivity index (χ0n) is 6.63. The van der Waals surface area contributed by atoms with Crippen molar-refractivity contribution in [1.29, 1.82) is 0 Å². The van der Waals surface area contributed by atoms with Crippen molar-refractivity contribution in [2.24, 2.45) is 0 Å². The summed E-state index contributed by atoms with van der Waals surface area (Å²) in [6.45, 7) is 0. The molecule has 0 aliphatic carbocycles. The van der Waals surface area contributed by atoms with Crippen LogP contribution < -0.4 is 5.32 Å². The normalized spacial score (nSPS) is 26.6. The summed E-state index contributed by atoms with van der Waals surface area (Å²) in [5.41, 5.74) is 0. The summed E-state index contributed by atoms with van der Waals surface area (Å²) >= 11 is 0. The van der Waals surface area contributed by atoms with Gasteiger partial charge in [-0.2, -0.15) is 0 Å². The van der Waals surface area contributed by atoms with E-state index in [1.165, 1.54) is 0 Å². The second-order valence-corrected chi connectivity index (χ2v) is 4.42. The molecule has 1 aliphatic heterocycles. The first-order valence-corrected chi connectivity index (χ1v) is 5.50. The van der Waals surface area contributed by atoms with E-state index in [4.69, 9.17) is 0 Å². The molecule has 1 saturated heterocycles. The van der Waals surface area contributed by atoms with Crippen molar-refractivity contribution >= 4 is 16.7 Å². The predicted octanol–water partition coefficient (Wildman–Crippen LogP) is 0.0336. The summed E-state index contributed by atoms with van der Waals surface area (Å²) in [6, 6.07) is 0.284. The zero-order chi connectivity index (χ0) is 8.27. The van der Waals surface area contributed by atoms with Gasteiger partial charge in [-0.05, 0) is 12.8 Å². The van der Waals surface area contributed by atoms with Gasteiger partial charge in [-0.25, -0.2) is 0 Å². The van der Waals surface area contributed by atoms with Crippen LogP contribution in [0.2, 0.25) is 0 Å². The van der Waals surface area contributed by atoms with Gasteiger partial charge < -0.3 is 5.32 Å². The van der Waals surface area contributed by atoms with Crippen LogP contribution >= 0.6 is 0 Å². The summed E-state index contributed by atoms with van der Waals surface area (Å²) in [4.78, 5) is 10.7. The second-order valence-electron chi connectivity index (χ2n) is 2.87. The van der Waals surface area contributed by atoms with Crippen LogP contribution in [0.5, 0.6) is 0 Å². The molecule has 11 heavy (non-hydrogen) atoms. The molecule has 2 atom stereocenters. The fourth-order valence-electron chi connectivity index (χ4n) is 1.20. The third-order valence-corrected chi connectivity index (χ3v) is 2.65. The Labute approximate surface area is 69.0 Å². The topological polar surface area (TPSA) is 46.2 Å². The lowest BCUT2D eigenvalue weighted by molar-refractivity contribution is -0.119. The molecule has 3 nitrogen and oxygen atoms in total. The molecule has 64 valence electrons. The second kappa shape index (κ2) is 3.85. The average molecular weight is 175 g/mol. The molecule has 0 spiro atoms. The number of hydrogen-bond donors (Lipinski definition) is 1. The first kappa shape index (κ1) is 8.71. The maximum atomic E-state index is 10.7. The Bertz CT molecular complexity index is 181. The van der Waals surface area contributed by atoms with Crippen LogP contribution in [0.25, 0.3) is 0 Å². The van der Waals surface area contributed by atoms with Gasteiger partial charge in [0.15, 0.2) is 0 Å². The molecule has 0 aromatic heterocycles. The van der Waals surface area contributed by atoms with Gasteiger partial charge in [0, 0.05) is 35.3 Å². The van der Waals surface area contributed by atoms with Crippen LogP contribution in [0.4, 0.5) is 0 Å². The van der Waals surface area contributed by atoms with Crippen LogP contribution in [0, 0.1) is 0 Å². The number of rotatable bonds is 3. The number of hydrogen-bond acceptors (Lipinski definition) is 2. The monoisotopic (exact) mass is 175 g/mol. The predicted molar refractivity (Wildman–Crippen MR) is 44.7 cm³/mol. The quantitative estimate of drug-likeness (QED) is 0.658. The minimum Gasteiger partial charge on any atom is -0.353 e. The van der Waals surface area contributed by atoms with Gasteiger partial charge in [0.25, 0.3) is 0 Å². The first-order chi connectivity index (χ1) is 5.18. The number of carbonyl (C=O) groups excluding carboxylic acids is 1. The third-order valence-electron chi connectivity index (χ3n) is 1.84. The molecule has 1 unspecified atom stereocenters. The van der Waals surface area contributed by atoms with Gasteiger partial charge in [-0.1, -0.05) is 0 Å². The Morgan fingerprint density at radius 2 is 2.45 bits per heavy atom. The fourth-order valence-corrected chi connectivity index (χ4v) is 1.82. The van der Waals surface area contributed by atoms with E-state index in [0.717, 1.165) is 12.8 Å². The molecule has 1 fully saturated rings. The Balaban J connectivity index is 2.18. The maximum absolute atomic E-state index is 10.7. The fraction of sp³-hybridized carbons (Fsp3) is 0.857. The van der Waals surface area contributed by atoms with Gasteiger partial charge in [0.1, 0.15) is 0 Å². The van der Waals surface area contributed by atoms with E-state index in [2.05, 4.69) is 5.32 Å². The summed E-state index contributed by atoms with van der Waals surface area (Å²) in [5, 5.41) is 2.84. The third kappa shape index (κ3) is 3.01. The standard InChI is InChI=1S/C7H13NO2S/c1-11(10)5-4-6-2-3-7(9)8-6/h6H,2-5H2,1H3,(H,8,9)/t6-,11?/m1/s1. The van der Waals surface area contributed by atoms with E-state index in [9.17, 15) is 9.00 Å². The van der Waals surface area contributed by atoms with Crippen LogP contribution in [0.3, 0.4) is 0 Å². The molecule has 0 radical (unpaired) electrons. The van der Waals surface area contributed by atoms with Gasteiger partial charge in [-0.3, -0.25) is 9.00 Å². The summed E-state index contributed by atoms with van der Waals surface area (Å²) in [6.07, 6.45) is 4.10. The Morgan fingerprint density at radius 3 is 2.91 bits per heavy atom. The molecule has 0 aromatic rings. The van der Waals surface area contributed by atoms with Crippen LogP contribution in [-0.4, -0.2) is 28.2 Å². The molecule has 1 aliphatic rings. The van der Waals surface area contributed by atoms with Crippen molar-refractivity contribution in [3.8, 4) is 0 Å². The van der Waals surface area contributed by atoms with E-state index in [0.29, 0.717) is 12.2 Å². The number of amides is 1. The molecule has 1 rings (SSSR count). The average Bonchev–Trinajstić information content (AvgIpc) is 2.31. The van der Waals surface area contributed by atoms with E-state index in [1.54, 1.807) is 6.26 Å². The molecule has 0 bridgehead atoms. The Hall–Kier alpha value is -0.380. The molecule has 0 aromatic carbocycles. The molecule has 1 amide bonds. The lowest BCUT2D eigenvalue weighted by Crippen LogP contribution is -2.26. The van der Waals surface area contributed by atoms with Crippen molar-refractivity contribution in [3.63, 3.8) is 0 Å². The van der Waals surface area contributed by atoms with E-state index in [-0.39, 0.29) is 11.9 Å². The largest absolute Gasteiger partial charge is 0.353 e. The van der Waals surface area contributed by atoms with Gasteiger partial charge in [-0.15, -0.1) is 0 Å². The molecule has 1 heterocycles. The summed E-state index contributed by atoms with van der Waals surface area (Å²) in [5.74, 6) is 0.835. The van der Waals surface area contributed by atoms with Gasteiger partial charge in [0.2, 0.25) is 5.91 Å². The molecular weight excluding hydrogens is 162 g/mol. The van der Waals surface area contributed by atoms with Crippen molar-refractivity contribution in [3.05, 3.63) is 0 Å². The van der Waals surface area contributed by atoms with Gasteiger partial charge >= 0.3 is 0 Å². The lowest BCUT2D eigenvalue weighted by atomic mass is 10.2. The van der Waals surface area contributed by atoms with Crippen LogP contribution in [-0.2, 0) is 15.6 Å². The van der Waals surface area contributed by atoms with E-state index in [1.807, 2.05) is 0 Å². The van der Waals surface area contributed by atoms with Crippen LogP contribution in [0.15, 0.2) is 0 Å². The number of carbonyl (C=O) groups is 1. The van der Waals surface area contributed by atoms with Crippen molar-refractivity contribution in [2.75, 3.05) is 12.0 Å². The Morgan fingerprint density at radius 1 is 1.73 bits per heavy atom. The van der Waals surface area contributed by atoms with E-state index < -0.39 is 10.8 Å². The SMILES string of the molecule is CS(=O)CC[C@H]1CCC(=O)N1. The van der Waals surface area contributed by atoms with Crippen molar-refractivity contribution < 1.29 is 9.00 Å². The highest BCUT2D eigenvalue weighted by molar-refractivity contribution is 7.84. The van der Waals surface area contributed by atoms with Gasteiger partial charge in [0.05, 0.1) is 0 Å². The highest BCUT2D eigenvalue weighted by atomic mass is 32.2. The highest BCUT2D eigenvalue weighted by Gasteiger charge is 2.19. The molecule has 0 saturated carbocycles. The summed E-state index contributed by atoms with van der Waals surface area (Å²) < 4.78 is 10.7.